The Labute approximate surface area is 180 Å². The van der Waals surface area contributed by atoms with Crippen molar-refractivity contribution >= 4 is 28.3 Å². The lowest BCUT2D eigenvalue weighted by Gasteiger charge is -2.12. The Morgan fingerprint density at radius 3 is 2.42 bits per heavy atom. The monoisotopic (exact) mass is 412 g/mol. The molecule has 1 atom stereocenters. The van der Waals surface area contributed by atoms with Crippen molar-refractivity contribution in [1.82, 2.24) is 20.3 Å². The molecule has 0 fully saturated rings. The first-order valence-corrected chi connectivity index (χ1v) is 10.0. The summed E-state index contributed by atoms with van der Waals surface area (Å²) in [4.78, 5) is 24.5. The predicted octanol–water partition coefficient (Wildman–Crippen LogP) is 4.06. The summed E-state index contributed by atoms with van der Waals surface area (Å²) in [6.07, 6.45) is 0. The molecule has 0 saturated carbocycles. The van der Waals surface area contributed by atoms with E-state index in [9.17, 15) is 4.79 Å². The zero-order valence-electron chi connectivity index (χ0n) is 17.7. The molecular formula is C24H24N6O. The number of rotatable bonds is 5. The van der Waals surface area contributed by atoms with Crippen LogP contribution in [-0.4, -0.2) is 26.6 Å². The number of nitrogens with zero attached hydrogens (tertiary/aromatic N) is 2. The molecule has 1 unspecified atom stereocenters. The van der Waals surface area contributed by atoms with Gasteiger partial charge in [-0.05, 0) is 50.6 Å². The maximum absolute atomic E-state index is 12.7. The first-order valence-electron chi connectivity index (χ1n) is 10.0. The van der Waals surface area contributed by atoms with Crippen LogP contribution in [0.5, 0.6) is 0 Å². The van der Waals surface area contributed by atoms with E-state index in [2.05, 4.69) is 20.3 Å². The van der Waals surface area contributed by atoms with Gasteiger partial charge < -0.3 is 16.0 Å². The number of aryl methyl sites for hydroxylation is 2. The summed E-state index contributed by atoms with van der Waals surface area (Å²) in [6, 6.07) is 16.7. The number of pyridine rings is 1. The molecule has 2 heterocycles. The minimum absolute atomic E-state index is 0.158. The van der Waals surface area contributed by atoms with Gasteiger partial charge in [-0.15, -0.1) is 0 Å². The van der Waals surface area contributed by atoms with Crippen LogP contribution >= 0.6 is 0 Å². The van der Waals surface area contributed by atoms with Crippen LogP contribution in [0.25, 0.3) is 11.0 Å². The lowest BCUT2D eigenvalue weighted by atomic mass is 10.00. The Bertz CT molecular complexity index is 1270. The first kappa shape index (κ1) is 20.3. The third-order valence-corrected chi connectivity index (χ3v) is 5.15. The van der Waals surface area contributed by atoms with E-state index >= 15 is 0 Å². The van der Waals surface area contributed by atoms with Crippen LogP contribution in [0.4, 0.5) is 5.69 Å². The third kappa shape index (κ3) is 4.16. The Morgan fingerprint density at radius 1 is 1.06 bits per heavy atom. The Balaban J connectivity index is 1.62. The number of H-pyrrole nitrogens is 1. The number of nitrogen functional groups attached to an aromatic ring is 1. The van der Waals surface area contributed by atoms with Gasteiger partial charge in [-0.1, -0.05) is 30.3 Å². The molecule has 0 saturated heterocycles. The molecule has 31 heavy (non-hydrogen) atoms. The number of hydrogen-bond acceptors (Lipinski definition) is 5. The van der Waals surface area contributed by atoms with Crippen LogP contribution < -0.4 is 11.1 Å². The quantitative estimate of drug-likeness (QED) is 0.292. The zero-order chi connectivity index (χ0) is 22.1. The van der Waals surface area contributed by atoms with Gasteiger partial charge in [0.1, 0.15) is 0 Å². The highest BCUT2D eigenvalue weighted by molar-refractivity contribution is 6.15. The lowest BCUT2D eigenvalue weighted by Crippen LogP contribution is -2.27. The summed E-state index contributed by atoms with van der Waals surface area (Å²) in [5.74, 6) is -0.0976. The molecule has 7 heteroatoms. The average Bonchev–Trinajstić information content (AvgIpc) is 3.15. The zero-order valence-corrected chi connectivity index (χ0v) is 17.7. The molecule has 0 aliphatic heterocycles. The van der Waals surface area contributed by atoms with Crippen molar-refractivity contribution in [1.29, 1.82) is 5.41 Å². The van der Waals surface area contributed by atoms with Crippen molar-refractivity contribution in [3.8, 4) is 0 Å². The molecule has 5 N–H and O–H groups in total. The number of aromatic nitrogens is 3. The molecule has 2 aromatic heterocycles. The van der Waals surface area contributed by atoms with Crippen LogP contribution in [0, 0.1) is 19.3 Å². The van der Waals surface area contributed by atoms with Crippen molar-refractivity contribution in [2.75, 3.05) is 5.73 Å². The molecule has 4 aromatic rings. The molecule has 0 radical (unpaired) electrons. The number of aromatic amines is 1. The second-order valence-corrected chi connectivity index (χ2v) is 7.66. The van der Waals surface area contributed by atoms with Crippen molar-refractivity contribution in [3.63, 3.8) is 0 Å². The van der Waals surface area contributed by atoms with Crippen LogP contribution in [0.1, 0.15) is 51.7 Å². The summed E-state index contributed by atoms with van der Waals surface area (Å²) in [5.41, 5.74) is 12.2. The number of amides is 1. The number of fused-ring (bicyclic) bond motifs is 1. The predicted molar refractivity (Wildman–Crippen MR) is 122 cm³/mol. The molecule has 0 aliphatic carbocycles. The first-order chi connectivity index (χ1) is 14.8. The summed E-state index contributed by atoms with van der Waals surface area (Å²) >= 11 is 0. The van der Waals surface area contributed by atoms with Gasteiger partial charge in [-0.2, -0.15) is 0 Å². The SMILES string of the molecule is Cc1cc(C(=N)c2cc3nc(C(=O)NC(C)c4ccccc4)[nH]c3cc2N)cc(C)n1. The molecule has 4 rings (SSSR count). The van der Waals surface area contributed by atoms with E-state index in [-0.39, 0.29) is 17.8 Å². The van der Waals surface area contributed by atoms with E-state index in [1.54, 1.807) is 12.1 Å². The van der Waals surface area contributed by atoms with Gasteiger partial charge in [0.05, 0.1) is 22.8 Å². The van der Waals surface area contributed by atoms with E-state index in [0.717, 1.165) is 22.5 Å². The number of nitrogens with two attached hydrogens (primary N) is 1. The van der Waals surface area contributed by atoms with Gasteiger partial charge in [0.2, 0.25) is 0 Å². The van der Waals surface area contributed by atoms with Crippen molar-refractivity contribution < 1.29 is 4.79 Å². The fourth-order valence-corrected chi connectivity index (χ4v) is 3.62. The van der Waals surface area contributed by atoms with Crippen molar-refractivity contribution in [2.45, 2.75) is 26.8 Å². The van der Waals surface area contributed by atoms with E-state index in [1.807, 2.05) is 63.2 Å². The van der Waals surface area contributed by atoms with E-state index in [1.165, 1.54) is 0 Å². The molecular weight excluding hydrogens is 388 g/mol. The topological polar surface area (TPSA) is 121 Å². The lowest BCUT2D eigenvalue weighted by molar-refractivity contribution is 0.0930. The molecule has 0 spiro atoms. The fraction of sp³-hybridized carbons (Fsp3) is 0.167. The maximum Gasteiger partial charge on any atom is 0.287 e. The smallest absolute Gasteiger partial charge is 0.287 e. The third-order valence-electron chi connectivity index (χ3n) is 5.15. The Morgan fingerprint density at radius 2 is 1.74 bits per heavy atom. The molecule has 156 valence electrons. The number of anilines is 1. The van der Waals surface area contributed by atoms with Crippen LogP contribution in [0.2, 0.25) is 0 Å². The number of nitrogens with one attached hydrogen (secondary N) is 3. The summed E-state index contributed by atoms with van der Waals surface area (Å²) in [6.45, 7) is 5.71. The molecule has 1 amide bonds. The van der Waals surface area contributed by atoms with Gasteiger partial charge in [0, 0.05) is 28.2 Å². The highest BCUT2D eigenvalue weighted by atomic mass is 16.2. The number of carbonyl (C=O) groups excluding carboxylic acids is 1. The van der Waals surface area contributed by atoms with Gasteiger partial charge in [-0.25, -0.2) is 4.98 Å². The van der Waals surface area contributed by atoms with E-state index in [0.29, 0.717) is 28.0 Å². The van der Waals surface area contributed by atoms with E-state index in [4.69, 9.17) is 11.1 Å². The summed E-state index contributed by atoms with van der Waals surface area (Å²) < 4.78 is 0. The Hall–Kier alpha value is -4.00. The van der Waals surface area contributed by atoms with Crippen molar-refractivity contribution in [3.05, 3.63) is 88.5 Å². The second kappa shape index (κ2) is 8.02. The van der Waals surface area contributed by atoms with Crippen LogP contribution in [0.15, 0.2) is 54.6 Å². The van der Waals surface area contributed by atoms with E-state index < -0.39 is 0 Å². The van der Waals surface area contributed by atoms with Crippen LogP contribution in [-0.2, 0) is 0 Å². The highest BCUT2D eigenvalue weighted by Crippen LogP contribution is 2.24. The molecule has 7 nitrogen and oxygen atoms in total. The minimum Gasteiger partial charge on any atom is -0.398 e. The molecule has 0 aliphatic rings. The van der Waals surface area contributed by atoms with Gasteiger partial charge in [-0.3, -0.25) is 15.2 Å². The summed E-state index contributed by atoms with van der Waals surface area (Å²) in [7, 11) is 0. The molecule has 0 bridgehead atoms. The fourth-order valence-electron chi connectivity index (χ4n) is 3.62. The number of benzene rings is 2. The van der Waals surface area contributed by atoms with Gasteiger partial charge >= 0.3 is 0 Å². The standard InChI is InChI=1S/C24H24N6O/c1-13-9-17(10-14(2)27-13)22(26)18-11-20-21(12-19(18)25)30-23(29-20)24(31)28-15(3)16-7-5-4-6-8-16/h4-12,15,26H,25H2,1-3H3,(H,28,31)(H,29,30). The number of hydrogen-bond donors (Lipinski definition) is 4. The maximum atomic E-state index is 12.7. The highest BCUT2D eigenvalue weighted by Gasteiger charge is 2.18. The van der Waals surface area contributed by atoms with Gasteiger partial charge in [0.25, 0.3) is 5.91 Å². The molecule has 2 aromatic carbocycles. The largest absolute Gasteiger partial charge is 0.398 e. The summed E-state index contributed by atoms with van der Waals surface area (Å²) in [5, 5.41) is 11.6. The van der Waals surface area contributed by atoms with Crippen LogP contribution in [0.3, 0.4) is 0 Å². The number of imidazole rings is 1. The average molecular weight is 412 g/mol. The second-order valence-electron chi connectivity index (χ2n) is 7.66. The normalized spacial score (nSPS) is 12.0. The van der Waals surface area contributed by atoms with Crippen molar-refractivity contribution in [2.24, 2.45) is 0 Å². The minimum atomic E-state index is -0.303. The number of carbonyl (C=O) groups is 1. The van der Waals surface area contributed by atoms with Gasteiger partial charge in [0.15, 0.2) is 5.82 Å². The Kier molecular flexibility index (Phi) is 5.25.